The van der Waals surface area contributed by atoms with Gasteiger partial charge < -0.3 is 19.2 Å². The van der Waals surface area contributed by atoms with Crippen LogP contribution in [0, 0.1) is 0 Å². The van der Waals surface area contributed by atoms with Gasteiger partial charge in [0.2, 0.25) is 0 Å². The first-order valence-corrected chi connectivity index (χ1v) is 11.9. The van der Waals surface area contributed by atoms with Crippen molar-refractivity contribution in [1.29, 1.82) is 0 Å². The molecule has 0 bridgehead atoms. The number of benzene rings is 1. The molecule has 5 aromatic heterocycles. The molecule has 6 rings (SSSR count). The maximum atomic E-state index is 12.6. The molecule has 37 heavy (non-hydrogen) atoms. The maximum absolute atomic E-state index is 12.6. The fraction of sp³-hybridized carbons (Fsp3) is 0.179. The fourth-order valence-electron chi connectivity index (χ4n) is 5.08. The molecule has 6 aromatic rings. The molecule has 0 aliphatic rings. The van der Waals surface area contributed by atoms with Crippen molar-refractivity contribution >= 4 is 21.8 Å². The molecule has 0 amide bonds. The molecule has 0 aliphatic heterocycles. The predicted molar refractivity (Wildman–Crippen MR) is 141 cm³/mol. The average Bonchev–Trinajstić information content (AvgIpc) is 3.46. The van der Waals surface area contributed by atoms with E-state index in [1.807, 2.05) is 42.2 Å². The molecule has 9 nitrogen and oxygen atoms in total. The van der Waals surface area contributed by atoms with Crippen LogP contribution in [0.4, 0.5) is 0 Å². The van der Waals surface area contributed by atoms with E-state index in [9.17, 15) is 9.90 Å². The Hall–Kier alpha value is -4.63. The van der Waals surface area contributed by atoms with Crippen LogP contribution in [0.3, 0.4) is 0 Å². The zero-order valence-electron chi connectivity index (χ0n) is 20.6. The summed E-state index contributed by atoms with van der Waals surface area (Å²) >= 11 is 0. The van der Waals surface area contributed by atoms with Gasteiger partial charge >= 0.3 is 0 Å². The average molecular weight is 492 g/mol. The Kier molecular flexibility index (Phi) is 5.24. The fourth-order valence-corrected chi connectivity index (χ4v) is 5.08. The molecule has 0 fully saturated rings. The second kappa shape index (κ2) is 8.49. The molecule has 5 heterocycles. The van der Waals surface area contributed by atoms with Crippen LogP contribution in [-0.4, -0.2) is 39.2 Å². The molecule has 184 valence electrons. The van der Waals surface area contributed by atoms with Gasteiger partial charge in [0.05, 0.1) is 29.4 Å². The number of aromatic nitrogens is 7. The number of fused-ring (bicyclic) bond motifs is 2. The lowest BCUT2D eigenvalue weighted by atomic mass is 9.91. The zero-order valence-corrected chi connectivity index (χ0v) is 20.6. The van der Waals surface area contributed by atoms with Crippen LogP contribution in [0.1, 0.15) is 36.8 Å². The predicted octanol–water partition coefficient (Wildman–Crippen LogP) is 3.93. The lowest BCUT2D eigenvalue weighted by Gasteiger charge is -2.23. The van der Waals surface area contributed by atoms with Crippen molar-refractivity contribution in [2.45, 2.75) is 25.5 Å². The quantitative estimate of drug-likeness (QED) is 0.378. The summed E-state index contributed by atoms with van der Waals surface area (Å²) in [6.45, 7) is 3.55. The smallest absolute Gasteiger partial charge is 0.272 e. The number of hydrogen-bond donors (Lipinski definition) is 2. The number of nitrogens with one attached hydrogen (secondary N) is 1. The van der Waals surface area contributed by atoms with Gasteiger partial charge in [-0.15, -0.1) is 0 Å². The molecule has 0 spiro atoms. The largest absolute Gasteiger partial charge is 0.386 e. The topological polar surface area (TPSA) is 115 Å². The van der Waals surface area contributed by atoms with E-state index in [0.29, 0.717) is 16.9 Å². The Bertz CT molecular complexity index is 1760. The minimum absolute atomic E-state index is 0.149. The number of pyridine rings is 1. The molecule has 0 saturated heterocycles. The second-order valence-electron chi connectivity index (χ2n) is 9.62. The molecule has 0 aliphatic carbocycles. The first kappa shape index (κ1) is 22.8. The van der Waals surface area contributed by atoms with E-state index in [4.69, 9.17) is 0 Å². The summed E-state index contributed by atoms with van der Waals surface area (Å²) in [4.78, 5) is 33.0. The van der Waals surface area contributed by atoms with Gasteiger partial charge in [-0.2, -0.15) is 0 Å². The highest BCUT2D eigenvalue weighted by molar-refractivity contribution is 5.99. The van der Waals surface area contributed by atoms with Crippen molar-refractivity contribution < 1.29 is 5.11 Å². The van der Waals surface area contributed by atoms with Crippen LogP contribution >= 0.6 is 0 Å². The van der Waals surface area contributed by atoms with Gasteiger partial charge in [0.25, 0.3) is 5.56 Å². The van der Waals surface area contributed by atoms with Crippen molar-refractivity contribution in [3.8, 4) is 11.1 Å². The van der Waals surface area contributed by atoms with Gasteiger partial charge in [0.1, 0.15) is 11.6 Å². The van der Waals surface area contributed by atoms with Gasteiger partial charge in [0, 0.05) is 72.3 Å². The Labute approximate surface area is 212 Å². The molecule has 0 saturated carbocycles. The number of aryl methyl sites for hydroxylation is 1. The molecule has 0 unspecified atom stereocenters. The van der Waals surface area contributed by atoms with E-state index >= 15 is 0 Å². The first-order chi connectivity index (χ1) is 17.8. The summed E-state index contributed by atoms with van der Waals surface area (Å²) in [6, 6.07) is 7.60. The Morgan fingerprint density at radius 2 is 1.68 bits per heavy atom. The van der Waals surface area contributed by atoms with Gasteiger partial charge in [0.15, 0.2) is 0 Å². The number of aromatic amines is 1. The Balaban J connectivity index is 1.67. The molecule has 1 aromatic carbocycles. The molecule has 2 N–H and O–H groups in total. The number of nitrogens with zero attached hydrogens (tertiary/aromatic N) is 6. The third-order valence-electron chi connectivity index (χ3n) is 6.71. The monoisotopic (exact) mass is 491 g/mol. The summed E-state index contributed by atoms with van der Waals surface area (Å²) in [5.41, 5.74) is 4.21. The lowest BCUT2D eigenvalue weighted by molar-refractivity contribution is 0.0802. The van der Waals surface area contributed by atoms with E-state index in [-0.39, 0.29) is 11.6 Å². The minimum Gasteiger partial charge on any atom is -0.386 e. The van der Waals surface area contributed by atoms with Crippen LogP contribution in [0.15, 0.2) is 84.8 Å². The third-order valence-corrected chi connectivity index (χ3v) is 6.71. The van der Waals surface area contributed by atoms with Gasteiger partial charge in [-0.3, -0.25) is 24.7 Å². The first-order valence-electron chi connectivity index (χ1n) is 11.9. The lowest BCUT2D eigenvalue weighted by Crippen LogP contribution is -2.17. The summed E-state index contributed by atoms with van der Waals surface area (Å²) in [7, 11) is 1.86. The molecular weight excluding hydrogens is 466 g/mol. The summed E-state index contributed by atoms with van der Waals surface area (Å²) in [6.07, 6.45) is 15.6. The van der Waals surface area contributed by atoms with Gasteiger partial charge in [-0.25, -0.2) is 0 Å². The Morgan fingerprint density at radius 1 is 0.973 bits per heavy atom. The van der Waals surface area contributed by atoms with Crippen LogP contribution in [0.25, 0.3) is 32.9 Å². The third kappa shape index (κ3) is 3.80. The summed E-state index contributed by atoms with van der Waals surface area (Å²) in [5, 5.41) is 12.9. The van der Waals surface area contributed by atoms with Crippen molar-refractivity contribution in [3.63, 3.8) is 0 Å². The highest BCUT2D eigenvalue weighted by atomic mass is 16.3. The van der Waals surface area contributed by atoms with Crippen LogP contribution < -0.4 is 5.56 Å². The van der Waals surface area contributed by atoms with E-state index in [0.717, 1.165) is 33.0 Å². The van der Waals surface area contributed by atoms with E-state index in [2.05, 4.69) is 35.6 Å². The molecule has 0 atom stereocenters. The number of hydrogen-bond acceptors (Lipinski definition) is 6. The van der Waals surface area contributed by atoms with E-state index < -0.39 is 5.60 Å². The highest BCUT2D eigenvalue weighted by Crippen LogP contribution is 2.39. The van der Waals surface area contributed by atoms with Gasteiger partial charge in [-0.05, 0) is 49.2 Å². The number of aliphatic hydroxyl groups is 1. The van der Waals surface area contributed by atoms with Crippen LogP contribution in [-0.2, 0) is 12.6 Å². The minimum atomic E-state index is -1.11. The van der Waals surface area contributed by atoms with E-state index in [1.165, 1.54) is 0 Å². The van der Waals surface area contributed by atoms with E-state index in [1.54, 1.807) is 57.2 Å². The molecule has 9 heteroatoms. The van der Waals surface area contributed by atoms with Gasteiger partial charge in [-0.1, -0.05) is 0 Å². The zero-order chi connectivity index (χ0) is 25.7. The maximum Gasteiger partial charge on any atom is 0.272 e. The Morgan fingerprint density at radius 3 is 2.30 bits per heavy atom. The van der Waals surface area contributed by atoms with Crippen LogP contribution in [0.5, 0.6) is 0 Å². The van der Waals surface area contributed by atoms with Crippen LogP contribution in [0.2, 0.25) is 0 Å². The summed E-state index contributed by atoms with van der Waals surface area (Å²) in [5.74, 6) is 0. The second-order valence-corrected chi connectivity index (χ2v) is 9.62. The highest BCUT2D eigenvalue weighted by Gasteiger charge is 2.26. The number of H-pyrrole nitrogens is 1. The normalized spacial score (nSPS) is 12.1. The van der Waals surface area contributed by atoms with Crippen molar-refractivity contribution in [2.75, 3.05) is 0 Å². The molecule has 0 radical (unpaired) electrons. The van der Waals surface area contributed by atoms with Crippen molar-refractivity contribution in [3.05, 3.63) is 107 Å². The SMILES string of the molecule is Cn1cc(-c2cc(C(C)(C)O)c3ccn(C(c4cnccn4)c4cnccn4)c3c2)c2cc[nH]c(=O)c21. The van der Waals surface area contributed by atoms with Crippen molar-refractivity contribution in [2.24, 2.45) is 7.05 Å². The number of rotatable bonds is 5. The molecular formula is C28H25N7O2. The summed E-state index contributed by atoms with van der Waals surface area (Å²) < 4.78 is 3.92. The standard InChI is InChI=1S/C28H25N7O2/c1-28(2,37)21-12-17(20-16-34(3)25-18(20)4-6-33-27(25)36)13-24-19(21)5-11-35(24)26(22-14-29-7-9-31-22)23-15-30-8-10-32-23/h4-16,26,37H,1-3H3,(H,33,36). The van der Waals surface area contributed by atoms with Crippen molar-refractivity contribution in [1.82, 2.24) is 34.1 Å².